The van der Waals surface area contributed by atoms with E-state index in [4.69, 9.17) is 5.73 Å². The highest BCUT2D eigenvalue weighted by molar-refractivity contribution is 5.95. The Bertz CT molecular complexity index is 1070. The van der Waals surface area contributed by atoms with Crippen LogP contribution >= 0.6 is 0 Å². The maximum atomic E-state index is 11.5. The fourth-order valence-electron chi connectivity index (χ4n) is 2.51. The summed E-state index contributed by atoms with van der Waals surface area (Å²) in [5.41, 5.74) is 6.33. The first kappa shape index (κ1) is 13.9. The third-order valence-corrected chi connectivity index (χ3v) is 3.59. The van der Waals surface area contributed by atoms with Crippen molar-refractivity contribution in [3.05, 3.63) is 48.2 Å². The van der Waals surface area contributed by atoms with E-state index >= 15 is 0 Å². The minimum atomic E-state index is -1.21. The van der Waals surface area contributed by atoms with Crippen LogP contribution in [0.2, 0.25) is 0 Å². The monoisotopic (exact) mass is 322 g/mol. The van der Waals surface area contributed by atoms with Crippen LogP contribution in [-0.4, -0.2) is 36.4 Å². The summed E-state index contributed by atoms with van der Waals surface area (Å²) >= 11 is 0. The fraction of sp³-hybridized carbons (Fsp3) is 0. The van der Waals surface area contributed by atoms with Crippen molar-refractivity contribution >= 4 is 22.6 Å². The summed E-state index contributed by atoms with van der Waals surface area (Å²) in [6.07, 6.45) is 0. The molecule has 4 rings (SSSR count). The average Bonchev–Trinajstić information content (AvgIpc) is 3.20. The second kappa shape index (κ2) is 5.16. The van der Waals surface area contributed by atoms with Crippen molar-refractivity contribution in [3.63, 3.8) is 0 Å². The van der Waals surface area contributed by atoms with Gasteiger partial charge in [-0.15, -0.1) is 5.10 Å². The molecule has 0 saturated heterocycles. The fourth-order valence-corrected chi connectivity index (χ4v) is 2.51. The Morgan fingerprint density at radius 2 is 1.92 bits per heavy atom. The smallest absolute Gasteiger partial charge is 0.358 e. The summed E-state index contributed by atoms with van der Waals surface area (Å²) in [4.78, 5) is 11.5. The summed E-state index contributed by atoms with van der Waals surface area (Å²) in [5, 5.41) is 26.1. The van der Waals surface area contributed by atoms with Gasteiger partial charge in [0.25, 0.3) is 0 Å². The molecule has 2 aromatic carbocycles. The third-order valence-electron chi connectivity index (χ3n) is 3.59. The van der Waals surface area contributed by atoms with Gasteiger partial charge in [0.2, 0.25) is 11.6 Å². The maximum Gasteiger partial charge on any atom is 0.358 e. The zero-order valence-corrected chi connectivity index (χ0v) is 12.1. The molecule has 0 radical (unpaired) electrons. The molecule has 2 heterocycles. The molecule has 118 valence electrons. The first-order valence-corrected chi connectivity index (χ1v) is 6.91. The summed E-state index contributed by atoms with van der Waals surface area (Å²) in [7, 11) is 0. The number of anilines is 1. The summed E-state index contributed by atoms with van der Waals surface area (Å²) in [6, 6.07) is 13.2. The number of aromatic carboxylic acids is 1. The molecule has 9 nitrogen and oxygen atoms in total. The van der Waals surface area contributed by atoms with Gasteiger partial charge in [0.1, 0.15) is 5.69 Å². The molecule has 0 unspecified atom stereocenters. The Balaban J connectivity index is 1.99. The van der Waals surface area contributed by atoms with Crippen molar-refractivity contribution in [2.75, 3.05) is 5.73 Å². The van der Waals surface area contributed by atoms with Crippen molar-refractivity contribution < 1.29 is 14.5 Å². The van der Waals surface area contributed by atoms with Crippen molar-refractivity contribution in [2.24, 2.45) is 0 Å². The standard InChI is InChI=1S/C15H10N6O3/c16-13-14(19-24-18-13)21-12(11(15(22)23)17-20-21)10-6-5-8-3-1-2-4-9(8)7-10/h1-7H,(H2,16,18)(H,22,23). The molecule has 9 heteroatoms. The van der Waals surface area contributed by atoms with Crippen molar-refractivity contribution in [2.45, 2.75) is 0 Å². The van der Waals surface area contributed by atoms with Gasteiger partial charge in [-0.2, -0.15) is 4.68 Å². The molecule has 0 spiro atoms. The van der Waals surface area contributed by atoms with Crippen LogP contribution in [0.15, 0.2) is 47.1 Å². The summed E-state index contributed by atoms with van der Waals surface area (Å²) in [5.74, 6) is -1.14. The van der Waals surface area contributed by atoms with E-state index in [2.05, 4.69) is 25.3 Å². The van der Waals surface area contributed by atoms with E-state index in [9.17, 15) is 9.90 Å². The predicted molar refractivity (Wildman–Crippen MR) is 83.5 cm³/mol. The number of nitrogen functional groups attached to an aromatic ring is 1. The van der Waals surface area contributed by atoms with Gasteiger partial charge < -0.3 is 10.8 Å². The van der Waals surface area contributed by atoms with Gasteiger partial charge in [0.05, 0.1) is 0 Å². The van der Waals surface area contributed by atoms with Crippen LogP contribution in [0.3, 0.4) is 0 Å². The maximum absolute atomic E-state index is 11.5. The van der Waals surface area contributed by atoms with E-state index in [0.717, 1.165) is 10.8 Å². The quantitative estimate of drug-likeness (QED) is 0.582. The lowest BCUT2D eigenvalue weighted by Crippen LogP contribution is -2.05. The Kier molecular flexibility index (Phi) is 2.98. The first-order valence-electron chi connectivity index (χ1n) is 6.91. The van der Waals surface area contributed by atoms with Gasteiger partial charge in [-0.3, -0.25) is 0 Å². The molecule has 24 heavy (non-hydrogen) atoms. The molecule has 0 atom stereocenters. The number of carboxylic acid groups (broad SMARTS) is 1. The normalized spacial score (nSPS) is 11.0. The molecule has 0 bridgehead atoms. The van der Waals surface area contributed by atoms with Crippen LogP contribution in [0.25, 0.3) is 27.8 Å². The minimum Gasteiger partial charge on any atom is -0.476 e. The van der Waals surface area contributed by atoms with Gasteiger partial charge in [0, 0.05) is 5.56 Å². The van der Waals surface area contributed by atoms with Gasteiger partial charge in [-0.05, 0) is 27.2 Å². The number of carbonyl (C=O) groups is 1. The van der Waals surface area contributed by atoms with Gasteiger partial charge in [-0.1, -0.05) is 41.6 Å². The zero-order chi connectivity index (χ0) is 16.7. The molecular weight excluding hydrogens is 312 g/mol. The highest BCUT2D eigenvalue weighted by Gasteiger charge is 2.24. The van der Waals surface area contributed by atoms with Crippen LogP contribution in [-0.2, 0) is 0 Å². The number of nitrogens with zero attached hydrogens (tertiary/aromatic N) is 5. The van der Waals surface area contributed by atoms with Gasteiger partial charge in [-0.25, -0.2) is 9.42 Å². The molecule has 2 aromatic heterocycles. The summed E-state index contributed by atoms with van der Waals surface area (Å²) < 4.78 is 5.78. The number of hydrogen-bond acceptors (Lipinski definition) is 7. The van der Waals surface area contributed by atoms with E-state index < -0.39 is 5.97 Å². The Hall–Kier alpha value is -3.75. The molecule has 3 N–H and O–H groups in total. The predicted octanol–water partition coefficient (Wildman–Crippen LogP) is 1.75. The van der Waals surface area contributed by atoms with Crippen molar-refractivity contribution in [1.82, 2.24) is 25.3 Å². The van der Waals surface area contributed by atoms with Crippen molar-refractivity contribution in [1.29, 1.82) is 0 Å². The molecular formula is C15H10N6O3. The number of nitrogens with two attached hydrogens (primary N) is 1. The average molecular weight is 322 g/mol. The number of aromatic nitrogens is 5. The van der Waals surface area contributed by atoms with Crippen LogP contribution in [0, 0.1) is 0 Å². The van der Waals surface area contributed by atoms with Crippen molar-refractivity contribution in [3.8, 4) is 17.1 Å². The molecule has 0 aliphatic carbocycles. The SMILES string of the molecule is Nc1nonc1-n1nnc(C(=O)O)c1-c1ccc2ccccc2c1. The second-order valence-corrected chi connectivity index (χ2v) is 5.04. The second-order valence-electron chi connectivity index (χ2n) is 5.04. The Morgan fingerprint density at radius 1 is 1.12 bits per heavy atom. The van der Waals surface area contributed by atoms with E-state index in [-0.39, 0.29) is 23.0 Å². The Morgan fingerprint density at radius 3 is 2.62 bits per heavy atom. The topological polar surface area (TPSA) is 133 Å². The van der Waals surface area contributed by atoms with Crippen LogP contribution in [0.5, 0.6) is 0 Å². The molecule has 0 amide bonds. The lowest BCUT2D eigenvalue weighted by Gasteiger charge is -2.06. The van der Waals surface area contributed by atoms with Crippen LogP contribution in [0.4, 0.5) is 5.82 Å². The molecule has 0 aliphatic heterocycles. The van der Waals surface area contributed by atoms with Crippen LogP contribution in [0.1, 0.15) is 10.5 Å². The summed E-state index contributed by atoms with van der Waals surface area (Å²) in [6.45, 7) is 0. The molecule has 0 aliphatic rings. The minimum absolute atomic E-state index is 0.0149. The van der Waals surface area contributed by atoms with Gasteiger partial charge >= 0.3 is 5.97 Å². The van der Waals surface area contributed by atoms with Gasteiger partial charge in [0.15, 0.2) is 5.69 Å². The highest BCUT2D eigenvalue weighted by Crippen LogP contribution is 2.29. The first-order chi connectivity index (χ1) is 11.6. The van der Waals surface area contributed by atoms with E-state index in [1.807, 2.05) is 36.4 Å². The van der Waals surface area contributed by atoms with E-state index in [1.54, 1.807) is 6.07 Å². The Labute approximate surface area is 134 Å². The third kappa shape index (κ3) is 2.07. The lowest BCUT2D eigenvalue weighted by atomic mass is 10.0. The van der Waals surface area contributed by atoms with E-state index in [1.165, 1.54) is 4.68 Å². The molecule has 0 saturated carbocycles. The number of rotatable bonds is 3. The molecule has 0 fully saturated rings. The largest absolute Gasteiger partial charge is 0.476 e. The highest BCUT2D eigenvalue weighted by atomic mass is 16.6. The zero-order valence-electron chi connectivity index (χ0n) is 12.1. The number of carboxylic acids is 1. The molecule has 4 aromatic rings. The van der Waals surface area contributed by atoms with Crippen LogP contribution < -0.4 is 5.73 Å². The number of fused-ring (bicyclic) bond motifs is 1. The number of benzene rings is 2. The van der Waals surface area contributed by atoms with E-state index in [0.29, 0.717) is 5.56 Å². The lowest BCUT2D eigenvalue weighted by molar-refractivity contribution is 0.0691. The number of hydrogen-bond donors (Lipinski definition) is 2.